The Labute approximate surface area is 138 Å². The van der Waals surface area contributed by atoms with E-state index in [1.54, 1.807) is 0 Å². The maximum absolute atomic E-state index is 12.0. The van der Waals surface area contributed by atoms with Crippen LogP contribution in [-0.4, -0.2) is 36.3 Å². The second-order valence-corrected chi connectivity index (χ2v) is 6.38. The van der Waals surface area contributed by atoms with Gasteiger partial charge in [0.25, 0.3) is 0 Å². The quantitative estimate of drug-likeness (QED) is 0.676. The number of anilines is 1. The maximum atomic E-state index is 12.0. The number of amides is 2. The Morgan fingerprint density at radius 3 is 2.92 bits per heavy atom. The molecule has 1 aromatic heterocycles. The highest BCUT2D eigenvalue weighted by Crippen LogP contribution is 2.33. The summed E-state index contributed by atoms with van der Waals surface area (Å²) in [6.07, 6.45) is 2.62. The van der Waals surface area contributed by atoms with Crippen molar-refractivity contribution in [2.24, 2.45) is 5.92 Å². The fourth-order valence-electron chi connectivity index (χ4n) is 3.48. The second-order valence-electron chi connectivity index (χ2n) is 6.38. The minimum Gasteiger partial charge on any atom is -0.371 e. The SMILES string of the molecule is O=C[C@H]1CCN(c2ccc3c(C4CCC(=O)NC4=O)noc3c2)C1. The van der Waals surface area contributed by atoms with Crippen LogP contribution in [0.3, 0.4) is 0 Å². The zero-order valence-electron chi connectivity index (χ0n) is 13.0. The molecule has 2 amide bonds. The smallest absolute Gasteiger partial charge is 0.235 e. The number of rotatable bonds is 3. The van der Waals surface area contributed by atoms with Crippen LogP contribution in [0.5, 0.6) is 0 Å². The Bertz CT molecular complexity index is 828. The molecule has 1 unspecified atom stereocenters. The molecule has 4 rings (SSSR count). The summed E-state index contributed by atoms with van der Waals surface area (Å²) in [5, 5.41) is 7.21. The lowest BCUT2D eigenvalue weighted by Gasteiger charge is -2.19. The molecule has 0 radical (unpaired) electrons. The van der Waals surface area contributed by atoms with E-state index >= 15 is 0 Å². The maximum Gasteiger partial charge on any atom is 0.235 e. The lowest BCUT2D eigenvalue weighted by atomic mass is 9.93. The van der Waals surface area contributed by atoms with Crippen molar-refractivity contribution in [2.75, 3.05) is 18.0 Å². The van der Waals surface area contributed by atoms with Crippen LogP contribution in [0.1, 0.15) is 30.9 Å². The average molecular weight is 327 g/mol. The minimum absolute atomic E-state index is 0.0782. The fourth-order valence-corrected chi connectivity index (χ4v) is 3.48. The molecule has 2 atom stereocenters. The highest BCUT2D eigenvalue weighted by Gasteiger charge is 2.32. The van der Waals surface area contributed by atoms with Crippen LogP contribution in [0.2, 0.25) is 0 Å². The summed E-state index contributed by atoms with van der Waals surface area (Å²) in [6.45, 7) is 1.55. The molecule has 24 heavy (non-hydrogen) atoms. The molecule has 0 bridgehead atoms. The van der Waals surface area contributed by atoms with E-state index in [0.29, 0.717) is 30.7 Å². The number of aldehydes is 1. The number of piperidine rings is 1. The third-order valence-corrected chi connectivity index (χ3v) is 4.84. The van der Waals surface area contributed by atoms with Gasteiger partial charge in [0.05, 0.1) is 5.92 Å². The van der Waals surface area contributed by atoms with Gasteiger partial charge in [-0.05, 0) is 25.0 Å². The third-order valence-electron chi connectivity index (χ3n) is 4.84. The van der Waals surface area contributed by atoms with Crippen molar-refractivity contribution >= 4 is 34.8 Å². The van der Waals surface area contributed by atoms with Gasteiger partial charge in [-0.15, -0.1) is 0 Å². The highest BCUT2D eigenvalue weighted by atomic mass is 16.5. The number of nitrogens with one attached hydrogen (secondary N) is 1. The molecule has 1 aromatic carbocycles. The summed E-state index contributed by atoms with van der Waals surface area (Å²) in [5.41, 5.74) is 2.17. The van der Waals surface area contributed by atoms with Crippen LogP contribution < -0.4 is 10.2 Å². The van der Waals surface area contributed by atoms with E-state index in [0.717, 1.165) is 30.3 Å². The molecule has 0 saturated carbocycles. The van der Waals surface area contributed by atoms with Gasteiger partial charge >= 0.3 is 0 Å². The predicted octanol–water partition coefficient (Wildman–Crippen LogP) is 1.37. The number of fused-ring (bicyclic) bond motifs is 1. The third kappa shape index (κ3) is 2.46. The van der Waals surface area contributed by atoms with Gasteiger partial charge in [-0.1, -0.05) is 5.16 Å². The molecule has 0 spiro atoms. The Balaban J connectivity index is 1.63. The minimum atomic E-state index is -0.457. The lowest BCUT2D eigenvalue weighted by Crippen LogP contribution is -2.39. The predicted molar refractivity (Wildman–Crippen MR) is 85.5 cm³/mol. The Kier molecular flexibility index (Phi) is 3.55. The Morgan fingerprint density at radius 1 is 1.29 bits per heavy atom. The highest BCUT2D eigenvalue weighted by molar-refractivity contribution is 6.02. The van der Waals surface area contributed by atoms with Crippen molar-refractivity contribution in [1.82, 2.24) is 10.5 Å². The van der Waals surface area contributed by atoms with Crippen LogP contribution in [0.25, 0.3) is 11.0 Å². The molecule has 2 aliphatic rings. The molecule has 7 heteroatoms. The molecule has 3 heterocycles. The zero-order valence-corrected chi connectivity index (χ0v) is 13.0. The van der Waals surface area contributed by atoms with E-state index in [4.69, 9.17) is 4.52 Å². The number of carbonyl (C=O) groups is 3. The normalized spacial score (nSPS) is 24.4. The summed E-state index contributed by atoms with van der Waals surface area (Å²) in [7, 11) is 0. The summed E-state index contributed by atoms with van der Waals surface area (Å²) < 4.78 is 5.42. The molecule has 0 aliphatic carbocycles. The topological polar surface area (TPSA) is 92.5 Å². The largest absolute Gasteiger partial charge is 0.371 e. The first-order valence-corrected chi connectivity index (χ1v) is 8.09. The van der Waals surface area contributed by atoms with Crippen LogP contribution in [-0.2, 0) is 14.4 Å². The van der Waals surface area contributed by atoms with Crippen molar-refractivity contribution in [3.05, 3.63) is 23.9 Å². The molecule has 7 nitrogen and oxygen atoms in total. The van der Waals surface area contributed by atoms with E-state index < -0.39 is 5.92 Å². The molecule has 2 fully saturated rings. The molecule has 1 N–H and O–H groups in total. The van der Waals surface area contributed by atoms with Gasteiger partial charge in [-0.2, -0.15) is 0 Å². The van der Waals surface area contributed by atoms with Crippen LogP contribution >= 0.6 is 0 Å². The molecular formula is C17H17N3O4. The molecule has 124 valence electrons. The first-order chi connectivity index (χ1) is 11.7. The van der Waals surface area contributed by atoms with Gasteiger partial charge in [0.2, 0.25) is 11.8 Å². The molecule has 2 aromatic rings. The fraction of sp³-hybridized carbons (Fsp3) is 0.412. The lowest BCUT2D eigenvalue weighted by molar-refractivity contribution is -0.134. The Morgan fingerprint density at radius 2 is 2.17 bits per heavy atom. The van der Waals surface area contributed by atoms with Crippen molar-refractivity contribution in [1.29, 1.82) is 0 Å². The van der Waals surface area contributed by atoms with Gasteiger partial charge in [0, 0.05) is 42.6 Å². The van der Waals surface area contributed by atoms with E-state index in [1.165, 1.54) is 0 Å². The number of hydrogen-bond acceptors (Lipinski definition) is 6. The van der Waals surface area contributed by atoms with Crippen molar-refractivity contribution in [3.8, 4) is 0 Å². The van der Waals surface area contributed by atoms with Gasteiger partial charge in [0.15, 0.2) is 5.58 Å². The van der Waals surface area contributed by atoms with E-state index in [-0.39, 0.29) is 17.7 Å². The molecular weight excluding hydrogens is 310 g/mol. The number of nitrogens with zero attached hydrogens (tertiary/aromatic N) is 2. The summed E-state index contributed by atoms with van der Waals surface area (Å²) >= 11 is 0. The van der Waals surface area contributed by atoms with Crippen molar-refractivity contribution in [2.45, 2.75) is 25.2 Å². The zero-order chi connectivity index (χ0) is 16.7. The van der Waals surface area contributed by atoms with E-state index in [9.17, 15) is 14.4 Å². The summed E-state index contributed by atoms with van der Waals surface area (Å²) in [4.78, 5) is 36.4. The summed E-state index contributed by atoms with van der Waals surface area (Å²) in [5.74, 6) is -0.945. The van der Waals surface area contributed by atoms with Crippen LogP contribution in [0.15, 0.2) is 22.7 Å². The molecule has 2 saturated heterocycles. The van der Waals surface area contributed by atoms with Gasteiger partial charge in [-0.25, -0.2) is 0 Å². The number of imide groups is 1. The standard InChI is InChI=1S/C17H17N3O4/c21-9-10-5-6-20(8-10)11-1-2-12-14(7-11)24-19-16(12)13-3-4-15(22)18-17(13)23/h1-2,7,9-10,13H,3-6,8H2,(H,18,22,23)/t10-,13?/m0/s1. The summed E-state index contributed by atoms with van der Waals surface area (Å²) in [6, 6.07) is 5.75. The number of aromatic nitrogens is 1. The van der Waals surface area contributed by atoms with E-state index in [1.807, 2.05) is 18.2 Å². The van der Waals surface area contributed by atoms with E-state index in [2.05, 4.69) is 15.4 Å². The first kappa shape index (κ1) is 14.9. The monoisotopic (exact) mass is 327 g/mol. The number of benzene rings is 1. The number of carbonyl (C=O) groups excluding carboxylic acids is 3. The number of hydrogen-bond donors (Lipinski definition) is 1. The van der Waals surface area contributed by atoms with Gasteiger partial charge in [0.1, 0.15) is 12.0 Å². The first-order valence-electron chi connectivity index (χ1n) is 8.09. The van der Waals surface area contributed by atoms with Crippen LogP contribution in [0.4, 0.5) is 5.69 Å². The van der Waals surface area contributed by atoms with Crippen molar-refractivity contribution in [3.63, 3.8) is 0 Å². The molecule has 2 aliphatic heterocycles. The second kappa shape index (κ2) is 5.74. The van der Waals surface area contributed by atoms with Gasteiger partial charge < -0.3 is 14.2 Å². The van der Waals surface area contributed by atoms with Crippen LogP contribution in [0, 0.1) is 5.92 Å². The Hall–Kier alpha value is -2.70. The van der Waals surface area contributed by atoms with Gasteiger partial charge in [-0.3, -0.25) is 14.9 Å². The van der Waals surface area contributed by atoms with Crippen molar-refractivity contribution < 1.29 is 18.9 Å². The average Bonchev–Trinajstić information content (AvgIpc) is 3.21.